The molecule has 5 aliphatic rings. The topological polar surface area (TPSA) is 68.3 Å². The van der Waals surface area contributed by atoms with Crippen LogP contribution < -0.4 is 0 Å². The summed E-state index contributed by atoms with van der Waals surface area (Å²) in [5.41, 5.74) is -4.02. The van der Waals surface area contributed by atoms with Crippen molar-refractivity contribution in [3.63, 3.8) is 0 Å². The van der Waals surface area contributed by atoms with Crippen LogP contribution in [0.5, 0.6) is 0 Å². The van der Waals surface area contributed by atoms with E-state index in [1.54, 1.807) is 24.3 Å². The number of allylic oxidation sites excluding steroid dienone is 2. The molecule has 1 aromatic rings. The maximum Gasteiger partial charge on any atom is 0.184 e. The van der Waals surface area contributed by atoms with Crippen LogP contribution in [0.3, 0.4) is 0 Å². The van der Waals surface area contributed by atoms with Gasteiger partial charge in [0, 0.05) is 5.56 Å². The van der Waals surface area contributed by atoms with Crippen molar-refractivity contribution in [2.75, 3.05) is 0 Å². The molecule has 1 spiro atoms. The van der Waals surface area contributed by atoms with E-state index in [2.05, 4.69) is 13.8 Å². The number of benzene rings is 1. The van der Waals surface area contributed by atoms with Gasteiger partial charge in [-0.2, -0.15) is 0 Å². The number of hydrogen-bond acceptors (Lipinski definition) is 4. The van der Waals surface area contributed by atoms with Gasteiger partial charge in [0.1, 0.15) is 0 Å². The van der Waals surface area contributed by atoms with E-state index in [-0.39, 0.29) is 35.2 Å². The second kappa shape index (κ2) is 6.86. The summed E-state index contributed by atoms with van der Waals surface area (Å²) in [6.45, 7) is 12.1. The van der Waals surface area contributed by atoms with Crippen LogP contribution in [0.15, 0.2) is 42.0 Å². The third kappa shape index (κ3) is 2.40. The Morgan fingerprint density at radius 1 is 0.941 bits per heavy atom. The Morgan fingerprint density at radius 2 is 1.59 bits per heavy atom. The Morgan fingerprint density at radius 3 is 2.21 bits per heavy atom. The number of carbonyl (C=O) groups excluding carboxylic acids is 4. The molecule has 0 saturated heterocycles. The van der Waals surface area contributed by atoms with Crippen LogP contribution in [0.2, 0.25) is 0 Å². The molecule has 0 heterocycles. The lowest BCUT2D eigenvalue weighted by atomic mass is 9.37. The summed E-state index contributed by atoms with van der Waals surface area (Å²) >= 11 is 0. The van der Waals surface area contributed by atoms with Gasteiger partial charge < -0.3 is 0 Å². The van der Waals surface area contributed by atoms with E-state index in [4.69, 9.17) is 0 Å². The normalized spacial score (nSPS) is 39.1. The zero-order valence-corrected chi connectivity index (χ0v) is 21.3. The average Bonchev–Trinajstić information content (AvgIpc) is 2.96. The van der Waals surface area contributed by atoms with Gasteiger partial charge in [-0.3, -0.25) is 19.2 Å². The number of ketones is 4. The minimum Gasteiger partial charge on any atom is -0.297 e. The van der Waals surface area contributed by atoms with Crippen LogP contribution in [-0.2, 0) is 14.4 Å². The summed E-state index contributed by atoms with van der Waals surface area (Å²) in [7, 11) is 0. The van der Waals surface area contributed by atoms with Crippen molar-refractivity contribution in [3.8, 4) is 0 Å². The van der Waals surface area contributed by atoms with Crippen molar-refractivity contribution in [1.29, 1.82) is 0 Å². The number of rotatable bonds is 4. The lowest BCUT2D eigenvalue weighted by Gasteiger charge is -2.60. The van der Waals surface area contributed by atoms with Crippen molar-refractivity contribution in [2.24, 2.45) is 38.9 Å². The van der Waals surface area contributed by atoms with E-state index in [9.17, 15) is 19.2 Å². The molecule has 0 amide bonds. The molecule has 4 bridgehead atoms. The lowest BCUT2D eigenvalue weighted by molar-refractivity contribution is -0.181. The summed E-state index contributed by atoms with van der Waals surface area (Å²) in [6, 6.07) is 8.77. The maximum absolute atomic E-state index is 14.9. The predicted octanol–water partition coefficient (Wildman–Crippen LogP) is 5.79. The van der Waals surface area contributed by atoms with Crippen LogP contribution in [0, 0.1) is 38.9 Å². The first kappa shape index (κ1) is 23.4. The summed E-state index contributed by atoms with van der Waals surface area (Å²) in [4.78, 5) is 58.6. The molecule has 180 valence electrons. The molecule has 4 heteroatoms. The molecule has 4 nitrogen and oxygen atoms in total. The highest BCUT2D eigenvalue weighted by Crippen LogP contribution is 2.75. The molecule has 5 atom stereocenters. The second-order valence-electron chi connectivity index (χ2n) is 12.9. The fourth-order valence-electron chi connectivity index (χ4n) is 8.40. The molecule has 5 fully saturated rings. The zero-order valence-electron chi connectivity index (χ0n) is 21.3. The van der Waals surface area contributed by atoms with Gasteiger partial charge in [0.2, 0.25) is 0 Å². The molecule has 1 aromatic carbocycles. The molecule has 5 saturated carbocycles. The van der Waals surface area contributed by atoms with E-state index < -0.39 is 33.2 Å². The minimum atomic E-state index is -1.82. The summed E-state index contributed by atoms with van der Waals surface area (Å²) in [5, 5.41) is 0. The Kier molecular flexibility index (Phi) is 4.72. The van der Waals surface area contributed by atoms with Gasteiger partial charge in [-0.1, -0.05) is 69.7 Å². The molecule has 0 unspecified atom stereocenters. The van der Waals surface area contributed by atoms with Gasteiger partial charge in [0.25, 0.3) is 0 Å². The first-order valence-corrected chi connectivity index (χ1v) is 12.7. The third-order valence-corrected chi connectivity index (χ3v) is 10.4. The molecule has 0 radical (unpaired) electrons. The monoisotopic (exact) mass is 460 g/mol. The highest BCUT2D eigenvalue weighted by molar-refractivity contribution is 6.42. The molecular weight excluding hydrogens is 424 g/mol. The molecular formula is C30H36O4. The van der Waals surface area contributed by atoms with Crippen molar-refractivity contribution >= 4 is 23.1 Å². The SMILES string of the molecule is CC(C)=CC[C@]12C[C@@H]3C[C@H]4C(C)(C)CC[C@]4(C1=O)C(=O)[C@@](C(=O)c1ccccc1)(C2=O)C3(C)C. The van der Waals surface area contributed by atoms with Gasteiger partial charge in [-0.05, 0) is 68.6 Å². The van der Waals surface area contributed by atoms with Crippen molar-refractivity contribution < 1.29 is 19.2 Å². The molecule has 0 N–H and O–H groups in total. The first-order chi connectivity index (χ1) is 15.8. The van der Waals surface area contributed by atoms with Crippen molar-refractivity contribution in [3.05, 3.63) is 47.5 Å². The van der Waals surface area contributed by atoms with E-state index in [0.717, 1.165) is 12.0 Å². The van der Waals surface area contributed by atoms with Gasteiger partial charge >= 0.3 is 0 Å². The van der Waals surface area contributed by atoms with Gasteiger partial charge in [-0.25, -0.2) is 0 Å². The minimum absolute atomic E-state index is 0.0666. The molecule has 6 rings (SSSR count). The summed E-state index contributed by atoms with van der Waals surface area (Å²) in [5.74, 6) is -1.62. The fourth-order valence-corrected chi connectivity index (χ4v) is 8.40. The standard InChI is InChI=1S/C30H36O4/c1-18(2)12-13-28-17-20-16-21-26(3,4)14-15-29(21,23(28)32)25(34)30(24(28)33,27(20,5)6)22(31)19-10-8-7-9-11-19/h7-12,20-21H,13-17H2,1-6H3/t20-,21-,28-,29-,30+/m0/s1. The molecule has 34 heavy (non-hydrogen) atoms. The van der Waals surface area contributed by atoms with Gasteiger partial charge in [-0.15, -0.1) is 0 Å². The Hall–Kier alpha value is -2.36. The van der Waals surface area contributed by atoms with E-state index in [1.165, 1.54) is 0 Å². The van der Waals surface area contributed by atoms with Crippen LogP contribution in [0.25, 0.3) is 0 Å². The predicted molar refractivity (Wildman–Crippen MR) is 130 cm³/mol. The van der Waals surface area contributed by atoms with Crippen LogP contribution in [0.1, 0.15) is 84.0 Å². The number of hydrogen-bond donors (Lipinski definition) is 0. The van der Waals surface area contributed by atoms with Gasteiger partial charge in [0.05, 0.1) is 10.8 Å². The van der Waals surface area contributed by atoms with Crippen LogP contribution in [0.4, 0.5) is 0 Å². The quantitative estimate of drug-likeness (QED) is 0.324. The van der Waals surface area contributed by atoms with Gasteiger partial charge in [0.15, 0.2) is 28.5 Å². The van der Waals surface area contributed by atoms with Crippen molar-refractivity contribution in [2.45, 2.75) is 73.6 Å². The highest BCUT2D eigenvalue weighted by Gasteiger charge is 2.85. The number of carbonyl (C=O) groups is 4. The van der Waals surface area contributed by atoms with Crippen molar-refractivity contribution in [1.82, 2.24) is 0 Å². The second-order valence-corrected chi connectivity index (χ2v) is 12.9. The Labute approximate surface area is 202 Å². The third-order valence-electron chi connectivity index (χ3n) is 10.4. The maximum atomic E-state index is 14.9. The molecule has 0 aromatic heterocycles. The summed E-state index contributed by atoms with van der Waals surface area (Å²) in [6.07, 6.45) is 4.60. The van der Waals surface area contributed by atoms with Crippen LogP contribution >= 0.6 is 0 Å². The van der Waals surface area contributed by atoms with Crippen LogP contribution in [-0.4, -0.2) is 23.1 Å². The van der Waals surface area contributed by atoms with E-state index in [1.807, 2.05) is 39.8 Å². The van der Waals surface area contributed by atoms with E-state index in [0.29, 0.717) is 24.8 Å². The first-order valence-electron chi connectivity index (χ1n) is 12.7. The Balaban J connectivity index is 1.87. The summed E-state index contributed by atoms with van der Waals surface area (Å²) < 4.78 is 0. The molecule has 0 aliphatic heterocycles. The largest absolute Gasteiger partial charge is 0.297 e. The fraction of sp³-hybridized carbons (Fsp3) is 0.600. The smallest absolute Gasteiger partial charge is 0.184 e. The zero-order chi connectivity index (χ0) is 24.9. The average molecular weight is 461 g/mol. The molecule has 5 aliphatic carbocycles. The van der Waals surface area contributed by atoms with E-state index >= 15 is 0 Å². The lowest BCUT2D eigenvalue weighted by Crippen LogP contribution is -2.75. The number of Topliss-reactive ketones (excluding diaryl/α,β-unsaturated/α-hetero) is 4. The Bertz CT molecular complexity index is 1150. The highest BCUT2D eigenvalue weighted by atomic mass is 16.2.